The van der Waals surface area contributed by atoms with E-state index in [2.05, 4.69) is 17.1 Å². The Morgan fingerprint density at radius 3 is 2.28 bits per heavy atom. The molecule has 0 atom stereocenters. The second kappa shape index (κ2) is 14.0. The summed E-state index contributed by atoms with van der Waals surface area (Å²) in [6.07, 6.45) is 3.07. The van der Waals surface area contributed by atoms with Crippen LogP contribution in [0, 0.1) is 6.92 Å². The van der Waals surface area contributed by atoms with Crippen molar-refractivity contribution in [1.29, 1.82) is 0 Å². The van der Waals surface area contributed by atoms with Gasteiger partial charge in [-0.3, -0.25) is 9.10 Å². The predicted octanol–water partition coefficient (Wildman–Crippen LogP) is 4.70. The number of hydrazone groups is 1. The van der Waals surface area contributed by atoms with Crippen LogP contribution in [0.5, 0.6) is 17.2 Å². The fraction of sp³-hybridized carbons (Fsp3) is 0.241. The summed E-state index contributed by atoms with van der Waals surface area (Å²) in [5.74, 6) is 1.03. The fourth-order valence-electron chi connectivity index (χ4n) is 3.51. The zero-order valence-electron chi connectivity index (χ0n) is 22.3. The van der Waals surface area contributed by atoms with Crippen molar-refractivity contribution in [2.75, 3.05) is 30.7 Å². The molecule has 0 aliphatic rings. The van der Waals surface area contributed by atoms with Crippen LogP contribution in [0.4, 0.5) is 5.69 Å². The van der Waals surface area contributed by atoms with E-state index in [9.17, 15) is 13.2 Å². The molecular weight excluding hydrogens is 518 g/mol. The van der Waals surface area contributed by atoms with Gasteiger partial charge in [-0.25, -0.2) is 13.8 Å². The number of anilines is 1. The molecule has 39 heavy (non-hydrogen) atoms. The molecule has 0 aliphatic heterocycles. The van der Waals surface area contributed by atoms with Crippen molar-refractivity contribution in [3.63, 3.8) is 0 Å². The lowest BCUT2D eigenvalue weighted by molar-refractivity contribution is -0.119. The fourth-order valence-corrected chi connectivity index (χ4v) is 4.93. The number of sulfonamides is 1. The van der Waals surface area contributed by atoms with Crippen LogP contribution in [0.1, 0.15) is 25.0 Å². The number of hydrogen-bond acceptors (Lipinski definition) is 7. The van der Waals surface area contributed by atoms with Gasteiger partial charge in [-0.15, -0.1) is 0 Å². The number of hydrogen-bond donors (Lipinski definition) is 1. The maximum Gasteiger partial charge on any atom is 0.264 e. The topological polar surface area (TPSA) is 107 Å². The summed E-state index contributed by atoms with van der Waals surface area (Å²) in [4.78, 5) is 12.9. The van der Waals surface area contributed by atoms with Crippen molar-refractivity contribution >= 4 is 27.8 Å². The van der Waals surface area contributed by atoms with E-state index in [0.29, 0.717) is 48.3 Å². The minimum absolute atomic E-state index is 0.0324. The van der Waals surface area contributed by atoms with Crippen LogP contribution in [0.3, 0.4) is 0 Å². The summed E-state index contributed by atoms with van der Waals surface area (Å²) >= 11 is 0. The molecule has 3 aromatic carbocycles. The Morgan fingerprint density at radius 2 is 1.64 bits per heavy atom. The molecule has 0 radical (unpaired) electrons. The number of aryl methyl sites for hydroxylation is 1. The summed E-state index contributed by atoms with van der Waals surface area (Å²) in [5, 5.41) is 4.01. The molecule has 0 saturated carbocycles. The molecule has 206 valence electrons. The molecule has 1 N–H and O–H groups in total. The highest BCUT2D eigenvalue weighted by molar-refractivity contribution is 7.92. The SMILES string of the molecule is C=CCOc1ccc(/C=N\NC(=O)CN(c2ccc(C)cc2)S(=O)(=O)c2ccc(OCC)cc2)cc1OCC. The van der Waals surface area contributed by atoms with Crippen LogP contribution in [0.15, 0.2) is 89.4 Å². The van der Waals surface area contributed by atoms with Crippen molar-refractivity contribution in [2.24, 2.45) is 5.10 Å². The van der Waals surface area contributed by atoms with Crippen molar-refractivity contribution in [2.45, 2.75) is 25.7 Å². The molecule has 0 heterocycles. The summed E-state index contributed by atoms with van der Waals surface area (Å²) in [6, 6.07) is 18.2. The van der Waals surface area contributed by atoms with Gasteiger partial charge in [0.25, 0.3) is 15.9 Å². The number of carbonyl (C=O) groups is 1. The van der Waals surface area contributed by atoms with E-state index in [1.807, 2.05) is 20.8 Å². The van der Waals surface area contributed by atoms with Gasteiger partial charge >= 0.3 is 0 Å². The van der Waals surface area contributed by atoms with Crippen LogP contribution in [0.25, 0.3) is 0 Å². The Hall–Kier alpha value is -4.31. The summed E-state index contributed by atoms with van der Waals surface area (Å²) in [7, 11) is -4.07. The predicted molar refractivity (Wildman–Crippen MR) is 152 cm³/mol. The number of carbonyl (C=O) groups excluding carboxylic acids is 1. The first kappa shape index (κ1) is 29.2. The molecular formula is C29H33N3O6S. The lowest BCUT2D eigenvalue weighted by Gasteiger charge is -2.24. The summed E-state index contributed by atoms with van der Waals surface area (Å²) in [6.45, 7) is 10.00. The highest BCUT2D eigenvalue weighted by atomic mass is 32.2. The minimum Gasteiger partial charge on any atom is -0.494 e. The van der Waals surface area contributed by atoms with E-state index in [1.165, 1.54) is 18.3 Å². The second-order valence-electron chi connectivity index (χ2n) is 8.28. The Bertz CT molecular complexity index is 1390. The lowest BCUT2D eigenvalue weighted by atomic mass is 10.2. The van der Waals surface area contributed by atoms with Gasteiger partial charge in [0, 0.05) is 0 Å². The van der Waals surface area contributed by atoms with E-state index in [0.717, 1.165) is 9.87 Å². The molecule has 3 rings (SSSR count). The van der Waals surface area contributed by atoms with Crippen molar-refractivity contribution in [3.05, 3.63) is 90.5 Å². The van der Waals surface area contributed by atoms with Crippen LogP contribution in [-0.2, 0) is 14.8 Å². The zero-order valence-corrected chi connectivity index (χ0v) is 23.1. The first-order chi connectivity index (χ1) is 18.8. The molecule has 9 nitrogen and oxygen atoms in total. The quantitative estimate of drug-likeness (QED) is 0.177. The maximum absolute atomic E-state index is 13.6. The molecule has 0 saturated heterocycles. The molecule has 3 aromatic rings. The third-order valence-electron chi connectivity index (χ3n) is 5.36. The van der Waals surface area contributed by atoms with Crippen molar-refractivity contribution in [1.82, 2.24) is 5.43 Å². The molecule has 0 aromatic heterocycles. The first-order valence-corrected chi connectivity index (χ1v) is 13.9. The molecule has 1 amide bonds. The lowest BCUT2D eigenvalue weighted by Crippen LogP contribution is -2.39. The van der Waals surface area contributed by atoms with Crippen LogP contribution in [0.2, 0.25) is 0 Å². The highest BCUT2D eigenvalue weighted by Crippen LogP contribution is 2.28. The van der Waals surface area contributed by atoms with Crippen LogP contribution >= 0.6 is 0 Å². The average Bonchev–Trinajstić information content (AvgIpc) is 2.92. The minimum atomic E-state index is -4.07. The number of ether oxygens (including phenoxy) is 3. The van der Waals surface area contributed by atoms with Gasteiger partial charge in [0.1, 0.15) is 18.9 Å². The van der Waals surface area contributed by atoms with E-state index >= 15 is 0 Å². The normalized spacial score (nSPS) is 11.2. The van der Waals surface area contributed by atoms with Gasteiger partial charge in [0.15, 0.2) is 11.5 Å². The third kappa shape index (κ3) is 8.08. The number of rotatable bonds is 14. The van der Waals surface area contributed by atoms with Gasteiger partial charge in [-0.2, -0.15) is 5.10 Å². The number of nitrogens with one attached hydrogen (secondary N) is 1. The first-order valence-electron chi connectivity index (χ1n) is 12.4. The standard InChI is InChI=1S/C29H33N3O6S/c1-5-18-38-27-17-10-23(19-28(27)37-7-3)20-30-31-29(33)21-32(24-11-8-22(4)9-12-24)39(34,35)26-15-13-25(14-16-26)36-6-2/h5,8-17,19-20H,1,6-7,18,21H2,2-4H3,(H,31,33)/b30-20-. The van der Waals surface area contributed by atoms with Crippen LogP contribution in [-0.4, -0.2) is 46.9 Å². The molecule has 0 fully saturated rings. The van der Waals surface area contributed by atoms with Crippen molar-refractivity contribution < 1.29 is 27.4 Å². The van der Waals surface area contributed by atoms with Gasteiger partial charge in [0.2, 0.25) is 0 Å². The van der Waals surface area contributed by atoms with Gasteiger partial charge in [-0.05, 0) is 80.9 Å². The summed E-state index contributed by atoms with van der Waals surface area (Å²) < 4.78 is 44.8. The maximum atomic E-state index is 13.6. The van der Waals surface area contributed by atoms with Gasteiger partial charge in [-0.1, -0.05) is 30.4 Å². The van der Waals surface area contributed by atoms with Gasteiger partial charge in [0.05, 0.1) is 30.0 Å². The van der Waals surface area contributed by atoms with E-state index < -0.39 is 22.5 Å². The largest absolute Gasteiger partial charge is 0.494 e. The number of nitrogens with zero attached hydrogens (tertiary/aromatic N) is 2. The number of amides is 1. The Kier molecular flexibility index (Phi) is 10.5. The second-order valence-corrected chi connectivity index (χ2v) is 10.1. The molecule has 10 heteroatoms. The average molecular weight is 552 g/mol. The highest BCUT2D eigenvalue weighted by Gasteiger charge is 2.27. The Morgan fingerprint density at radius 1 is 0.949 bits per heavy atom. The third-order valence-corrected chi connectivity index (χ3v) is 7.15. The van der Waals surface area contributed by atoms with Gasteiger partial charge < -0.3 is 14.2 Å². The van der Waals surface area contributed by atoms with Crippen LogP contribution < -0.4 is 23.9 Å². The van der Waals surface area contributed by atoms with Crippen molar-refractivity contribution in [3.8, 4) is 17.2 Å². The molecule has 0 aliphatic carbocycles. The smallest absolute Gasteiger partial charge is 0.264 e. The zero-order chi connectivity index (χ0) is 28.3. The van der Waals surface area contributed by atoms with E-state index in [1.54, 1.807) is 60.7 Å². The number of benzene rings is 3. The molecule has 0 bridgehead atoms. The Labute approximate surface area is 229 Å². The van der Waals surface area contributed by atoms with E-state index in [-0.39, 0.29) is 4.90 Å². The Balaban J connectivity index is 1.79. The molecule has 0 spiro atoms. The monoisotopic (exact) mass is 551 g/mol. The molecule has 0 unspecified atom stereocenters. The summed E-state index contributed by atoms with van der Waals surface area (Å²) in [5.41, 5.74) is 4.38. The van der Waals surface area contributed by atoms with E-state index in [4.69, 9.17) is 14.2 Å².